The minimum absolute atomic E-state index is 0.623. The molecule has 0 unspecified atom stereocenters. The van der Waals surface area contributed by atoms with Crippen molar-refractivity contribution in [3.63, 3.8) is 0 Å². The summed E-state index contributed by atoms with van der Waals surface area (Å²) >= 11 is 0. The van der Waals surface area contributed by atoms with Crippen molar-refractivity contribution in [1.29, 1.82) is 0 Å². The van der Waals surface area contributed by atoms with Crippen LogP contribution in [0.2, 0.25) is 0 Å². The fourth-order valence-corrected chi connectivity index (χ4v) is 9.65. The molecule has 5 nitrogen and oxygen atoms in total. The van der Waals surface area contributed by atoms with Crippen molar-refractivity contribution in [1.82, 2.24) is 19.1 Å². The zero-order valence-corrected chi connectivity index (χ0v) is 32.8. The standard InChI is InChI=1S/C56H34N4O/c1-2-15-35(16-3-1)53-46-22-4-8-27-48(46)57-56(58-53)60-51-32-31-38(59-49-28-9-5-19-41(49)42-20-6-10-29-50(42)59)34-47(51)44-25-13-23-39(54(44)60)36-17-12-18-37(33-36)40-24-14-26-45-43-21-7-11-30-52(43)61-55(40)45/h1-34H. The number of hydrogen-bond acceptors (Lipinski definition) is 3. The van der Waals surface area contributed by atoms with Crippen molar-refractivity contribution < 1.29 is 4.42 Å². The molecular formula is C56H34N4O. The smallest absolute Gasteiger partial charge is 0.235 e. The fraction of sp³-hybridized carbons (Fsp3) is 0. The molecule has 0 atom stereocenters. The molecule has 0 aliphatic carbocycles. The highest BCUT2D eigenvalue weighted by Gasteiger charge is 2.22. The first kappa shape index (κ1) is 33.7. The molecular weight excluding hydrogens is 745 g/mol. The van der Waals surface area contributed by atoms with Crippen molar-refractivity contribution in [3.05, 3.63) is 206 Å². The van der Waals surface area contributed by atoms with Crippen LogP contribution in [0.1, 0.15) is 0 Å². The summed E-state index contributed by atoms with van der Waals surface area (Å²) in [7, 11) is 0. The van der Waals surface area contributed by atoms with Crippen molar-refractivity contribution >= 4 is 76.5 Å². The van der Waals surface area contributed by atoms with Gasteiger partial charge < -0.3 is 8.98 Å². The summed E-state index contributed by atoms with van der Waals surface area (Å²) in [5, 5.41) is 7.96. The number of furan rings is 1. The number of fused-ring (bicyclic) bond motifs is 10. The van der Waals surface area contributed by atoms with Crippen LogP contribution in [0.15, 0.2) is 211 Å². The van der Waals surface area contributed by atoms with E-state index in [1.165, 1.54) is 21.8 Å². The van der Waals surface area contributed by atoms with Crippen molar-refractivity contribution in [2.45, 2.75) is 0 Å². The summed E-state index contributed by atoms with van der Waals surface area (Å²) in [6.07, 6.45) is 0. The van der Waals surface area contributed by atoms with E-state index >= 15 is 0 Å². The Balaban J connectivity index is 1.10. The Morgan fingerprint density at radius 3 is 1.75 bits per heavy atom. The summed E-state index contributed by atoms with van der Waals surface area (Å²) < 4.78 is 11.2. The second-order valence-corrected chi connectivity index (χ2v) is 15.7. The van der Waals surface area contributed by atoms with Crippen LogP contribution >= 0.6 is 0 Å². The molecule has 4 aromatic heterocycles. The molecule has 0 amide bonds. The lowest BCUT2D eigenvalue weighted by Crippen LogP contribution is -2.04. The van der Waals surface area contributed by atoms with Crippen LogP contribution in [0.25, 0.3) is 122 Å². The van der Waals surface area contributed by atoms with E-state index in [4.69, 9.17) is 14.4 Å². The molecule has 61 heavy (non-hydrogen) atoms. The SMILES string of the molecule is c1ccc(-c2nc(-n3c4ccc(-n5c6ccccc6c6ccccc65)cc4c4cccc(-c5cccc(-c6cccc7c6oc6ccccc67)c5)c43)nc3ccccc23)cc1. The molecule has 284 valence electrons. The number of rotatable bonds is 5. The summed E-state index contributed by atoms with van der Waals surface area (Å²) in [5.74, 6) is 0.623. The number of nitrogens with zero attached hydrogens (tertiary/aromatic N) is 4. The van der Waals surface area contributed by atoms with Crippen molar-refractivity contribution in [2.75, 3.05) is 0 Å². The van der Waals surface area contributed by atoms with Gasteiger partial charge in [-0.3, -0.25) is 4.57 Å². The van der Waals surface area contributed by atoms with Gasteiger partial charge in [-0.1, -0.05) is 158 Å². The van der Waals surface area contributed by atoms with E-state index in [-0.39, 0.29) is 0 Å². The summed E-state index contributed by atoms with van der Waals surface area (Å²) in [5.41, 5.74) is 14.5. The van der Waals surface area contributed by atoms with Crippen LogP contribution < -0.4 is 0 Å². The maximum atomic E-state index is 6.53. The van der Waals surface area contributed by atoms with Crippen LogP contribution in [0, 0.1) is 0 Å². The largest absolute Gasteiger partial charge is 0.455 e. The third kappa shape index (κ3) is 5.08. The predicted octanol–water partition coefficient (Wildman–Crippen LogP) is 14.7. The predicted molar refractivity (Wildman–Crippen MR) is 252 cm³/mol. The van der Waals surface area contributed by atoms with Gasteiger partial charge in [0.1, 0.15) is 11.2 Å². The van der Waals surface area contributed by atoms with Crippen LogP contribution in [0.3, 0.4) is 0 Å². The molecule has 0 bridgehead atoms. The lowest BCUT2D eigenvalue weighted by Gasteiger charge is -2.14. The van der Waals surface area contributed by atoms with Crippen LogP contribution in [-0.2, 0) is 0 Å². The molecule has 0 spiro atoms. The Kier molecular flexibility index (Phi) is 7.24. The first-order chi connectivity index (χ1) is 30.3. The molecule has 4 heterocycles. The quantitative estimate of drug-likeness (QED) is 0.175. The van der Waals surface area contributed by atoms with Gasteiger partial charge in [0.2, 0.25) is 5.95 Å². The van der Waals surface area contributed by atoms with Gasteiger partial charge in [0.15, 0.2) is 0 Å². The summed E-state index contributed by atoms with van der Waals surface area (Å²) in [6.45, 7) is 0. The monoisotopic (exact) mass is 778 g/mol. The van der Waals surface area contributed by atoms with Crippen LogP contribution in [-0.4, -0.2) is 19.1 Å². The lowest BCUT2D eigenvalue weighted by molar-refractivity contribution is 0.670. The highest BCUT2D eigenvalue weighted by Crippen LogP contribution is 2.42. The van der Waals surface area contributed by atoms with E-state index in [2.05, 4.69) is 197 Å². The zero-order chi connectivity index (χ0) is 40.0. The van der Waals surface area contributed by atoms with E-state index in [0.29, 0.717) is 5.95 Å². The van der Waals surface area contributed by atoms with Crippen molar-refractivity contribution in [2.24, 2.45) is 0 Å². The van der Waals surface area contributed by atoms with Gasteiger partial charge in [0.25, 0.3) is 0 Å². The molecule has 13 aromatic rings. The van der Waals surface area contributed by atoms with E-state index in [0.717, 1.165) is 93.8 Å². The van der Waals surface area contributed by atoms with Crippen LogP contribution in [0.5, 0.6) is 0 Å². The number of para-hydroxylation sites is 6. The van der Waals surface area contributed by atoms with E-state index in [1.54, 1.807) is 0 Å². The topological polar surface area (TPSA) is 48.8 Å². The van der Waals surface area contributed by atoms with Gasteiger partial charge in [0.05, 0.1) is 33.3 Å². The van der Waals surface area contributed by atoms with Gasteiger partial charge in [-0.2, -0.15) is 0 Å². The molecule has 13 rings (SSSR count). The Morgan fingerprint density at radius 1 is 0.361 bits per heavy atom. The molecule has 0 radical (unpaired) electrons. The molecule has 0 N–H and O–H groups in total. The number of aromatic nitrogens is 4. The summed E-state index contributed by atoms with van der Waals surface area (Å²) in [4.78, 5) is 10.8. The Hall–Kier alpha value is -8.28. The number of hydrogen-bond donors (Lipinski definition) is 0. The van der Waals surface area contributed by atoms with E-state index in [1.807, 2.05) is 18.2 Å². The molecule has 0 saturated carbocycles. The first-order valence-electron chi connectivity index (χ1n) is 20.7. The average Bonchev–Trinajstić information content (AvgIpc) is 3.99. The molecule has 0 fully saturated rings. The van der Waals surface area contributed by atoms with Gasteiger partial charge in [-0.25, -0.2) is 9.97 Å². The minimum atomic E-state index is 0.623. The maximum Gasteiger partial charge on any atom is 0.235 e. The Bertz CT molecular complexity index is 3840. The normalized spacial score (nSPS) is 11.9. The Labute approximate surface area is 350 Å². The molecule has 5 heteroatoms. The summed E-state index contributed by atoms with van der Waals surface area (Å²) in [6, 6.07) is 73.1. The zero-order valence-electron chi connectivity index (χ0n) is 32.8. The average molecular weight is 779 g/mol. The maximum absolute atomic E-state index is 6.53. The molecule has 0 aliphatic heterocycles. The van der Waals surface area contributed by atoms with Gasteiger partial charge in [-0.15, -0.1) is 0 Å². The van der Waals surface area contributed by atoms with Crippen molar-refractivity contribution in [3.8, 4) is 45.1 Å². The second-order valence-electron chi connectivity index (χ2n) is 15.7. The van der Waals surface area contributed by atoms with Gasteiger partial charge in [0, 0.05) is 60.1 Å². The molecule has 9 aromatic carbocycles. The number of benzene rings is 9. The second kappa shape index (κ2) is 13.1. The third-order valence-electron chi connectivity index (χ3n) is 12.3. The lowest BCUT2D eigenvalue weighted by atomic mass is 9.96. The Morgan fingerprint density at radius 2 is 0.951 bits per heavy atom. The van der Waals surface area contributed by atoms with Gasteiger partial charge >= 0.3 is 0 Å². The minimum Gasteiger partial charge on any atom is -0.455 e. The highest BCUT2D eigenvalue weighted by molar-refractivity contribution is 6.16. The van der Waals surface area contributed by atoms with Crippen LogP contribution in [0.4, 0.5) is 0 Å². The van der Waals surface area contributed by atoms with E-state index in [9.17, 15) is 0 Å². The van der Waals surface area contributed by atoms with E-state index < -0.39 is 0 Å². The third-order valence-corrected chi connectivity index (χ3v) is 12.3. The first-order valence-corrected chi connectivity index (χ1v) is 20.7. The fourth-order valence-electron chi connectivity index (χ4n) is 9.65. The molecule has 0 saturated heterocycles. The molecule has 0 aliphatic rings. The van der Waals surface area contributed by atoms with Gasteiger partial charge in [-0.05, 0) is 59.7 Å². The highest BCUT2D eigenvalue weighted by atomic mass is 16.3.